The van der Waals surface area contributed by atoms with Crippen LogP contribution in [0.15, 0.2) is 67.1 Å². The van der Waals surface area contributed by atoms with Crippen LogP contribution in [0.25, 0.3) is 0 Å². The molecule has 0 aliphatic carbocycles. The van der Waals surface area contributed by atoms with Gasteiger partial charge in [-0.2, -0.15) is 0 Å². The van der Waals surface area contributed by atoms with Crippen LogP contribution in [0.3, 0.4) is 0 Å². The molecular formula is C26H31N3O5. The molecule has 0 N–H and O–H groups in total. The minimum absolute atomic E-state index is 0.212. The fraction of sp³-hybridized carbons (Fsp3) is 0.346. The average molecular weight is 466 g/mol. The van der Waals surface area contributed by atoms with E-state index >= 15 is 0 Å². The van der Waals surface area contributed by atoms with Crippen LogP contribution in [0.2, 0.25) is 0 Å². The highest BCUT2D eigenvalue weighted by Crippen LogP contribution is 2.16. The summed E-state index contributed by atoms with van der Waals surface area (Å²) in [4.78, 5) is 11.2. The number of nitrogens with zero attached hydrogens (tertiary/aromatic N) is 3. The summed E-state index contributed by atoms with van der Waals surface area (Å²) in [5.74, 6) is 2.11. The number of ether oxygens (including phenoxy) is 4. The average Bonchev–Trinajstić information content (AvgIpc) is 3.33. The Hall–Kier alpha value is -3.81. The summed E-state index contributed by atoms with van der Waals surface area (Å²) in [5, 5.41) is 8.29. The zero-order chi connectivity index (χ0) is 24.2. The van der Waals surface area contributed by atoms with Gasteiger partial charge in [-0.15, -0.1) is 5.10 Å². The minimum Gasteiger partial charge on any atom is -0.502 e. The van der Waals surface area contributed by atoms with E-state index in [9.17, 15) is 4.79 Å². The van der Waals surface area contributed by atoms with E-state index in [1.165, 1.54) is 12.7 Å². The first-order valence-corrected chi connectivity index (χ1v) is 11.2. The maximum atomic E-state index is 11.2. The van der Waals surface area contributed by atoms with Gasteiger partial charge in [-0.25, -0.2) is 4.68 Å². The third-order valence-electron chi connectivity index (χ3n) is 5.24. The molecule has 3 aromatic rings. The molecule has 0 unspecified atom stereocenters. The van der Waals surface area contributed by atoms with Gasteiger partial charge in [-0.1, -0.05) is 36.1 Å². The van der Waals surface area contributed by atoms with Crippen molar-refractivity contribution in [2.24, 2.45) is 0 Å². The molecule has 3 rings (SSSR count). The third kappa shape index (κ3) is 8.27. The van der Waals surface area contributed by atoms with Crippen LogP contribution >= 0.6 is 0 Å². The van der Waals surface area contributed by atoms with Gasteiger partial charge in [-0.3, -0.25) is 4.79 Å². The molecule has 8 heteroatoms. The van der Waals surface area contributed by atoms with E-state index < -0.39 is 0 Å². The zero-order valence-electron chi connectivity index (χ0n) is 19.7. The molecule has 0 saturated carbocycles. The minimum atomic E-state index is -0.212. The summed E-state index contributed by atoms with van der Waals surface area (Å²) in [6.07, 6.45) is 4.54. The van der Waals surface area contributed by atoms with Gasteiger partial charge >= 0.3 is 5.97 Å². The number of aromatic nitrogens is 3. The van der Waals surface area contributed by atoms with Crippen molar-refractivity contribution < 1.29 is 23.7 Å². The normalized spacial score (nSPS) is 10.5. The van der Waals surface area contributed by atoms with E-state index in [0.29, 0.717) is 32.6 Å². The first-order valence-electron chi connectivity index (χ1n) is 11.2. The van der Waals surface area contributed by atoms with Crippen LogP contribution in [0, 0.1) is 0 Å². The van der Waals surface area contributed by atoms with Gasteiger partial charge in [0.2, 0.25) is 0 Å². The Morgan fingerprint density at radius 2 is 1.50 bits per heavy atom. The molecule has 0 fully saturated rings. The summed E-state index contributed by atoms with van der Waals surface area (Å²) < 4.78 is 23.1. The Kier molecular flexibility index (Phi) is 9.52. The number of hydrogen-bond acceptors (Lipinski definition) is 7. The quantitative estimate of drug-likeness (QED) is 0.261. The molecule has 34 heavy (non-hydrogen) atoms. The number of carbonyl (C=O) groups excluding carboxylic acids is 1. The Bertz CT molecular complexity index is 1050. The Labute approximate surface area is 200 Å². The molecule has 0 amide bonds. The molecule has 0 spiro atoms. The van der Waals surface area contributed by atoms with Crippen molar-refractivity contribution in [3.8, 4) is 11.5 Å². The number of esters is 1. The number of methoxy groups -OCH3 is 2. The van der Waals surface area contributed by atoms with Crippen molar-refractivity contribution in [2.75, 3.05) is 20.8 Å². The van der Waals surface area contributed by atoms with Gasteiger partial charge < -0.3 is 18.9 Å². The smallest absolute Gasteiger partial charge is 0.305 e. The van der Waals surface area contributed by atoms with Crippen molar-refractivity contribution in [1.82, 2.24) is 15.0 Å². The molecule has 1 heterocycles. The van der Waals surface area contributed by atoms with E-state index in [2.05, 4.69) is 21.6 Å². The molecule has 0 radical (unpaired) electrons. The lowest BCUT2D eigenvalue weighted by atomic mass is 10.1. The largest absolute Gasteiger partial charge is 0.502 e. The highest BCUT2D eigenvalue weighted by molar-refractivity contribution is 5.69. The summed E-state index contributed by atoms with van der Waals surface area (Å²) in [5.41, 5.74) is 3.01. The molecule has 0 bridgehead atoms. The SMILES string of the molecule is C=C(CCc1ccc(OCc2cn(CCOc3ccc(CCC(=O)OC)cc3)nn2)cc1)OC. The molecule has 1 aromatic heterocycles. The van der Waals surface area contributed by atoms with E-state index in [0.717, 1.165) is 41.4 Å². The van der Waals surface area contributed by atoms with Crippen LogP contribution in [-0.2, 0) is 40.3 Å². The number of carbonyl (C=O) groups is 1. The maximum absolute atomic E-state index is 11.2. The second-order valence-corrected chi connectivity index (χ2v) is 7.72. The Balaban J connectivity index is 1.37. The van der Waals surface area contributed by atoms with Crippen molar-refractivity contribution in [2.45, 2.75) is 38.8 Å². The van der Waals surface area contributed by atoms with Gasteiger partial charge in [0.1, 0.15) is 30.4 Å². The highest BCUT2D eigenvalue weighted by Gasteiger charge is 2.05. The second kappa shape index (κ2) is 13.0. The van der Waals surface area contributed by atoms with Crippen molar-refractivity contribution in [3.63, 3.8) is 0 Å². The fourth-order valence-corrected chi connectivity index (χ4v) is 3.17. The second-order valence-electron chi connectivity index (χ2n) is 7.72. The zero-order valence-corrected chi connectivity index (χ0v) is 19.7. The lowest BCUT2D eigenvalue weighted by Crippen LogP contribution is -2.08. The Morgan fingerprint density at radius 3 is 2.12 bits per heavy atom. The van der Waals surface area contributed by atoms with Gasteiger partial charge in [0, 0.05) is 12.8 Å². The lowest BCUT2D eigenvalue weighted by molar-refractivity contribution is -0.140. The van der Waals surface area contributed by atoms with Crippen LogP contribution < -0.4 is 9.47 Å². The number of benzene rings is 2. The highest BCUT2D eigenvalue weighted by atomic mass is 16.5. The molecule has 8 nitrogen and oxygen atoms in total. The van der Waals surface area contributed by atoms with E-state index in [4.69, 9.17) is 14.2 Å². The maximum Gasteiger partial charge on any atom is 0.305 e. The molecule has 0 aliphatic heterocycles. The van der Waals surface area contributed by atoms with E-state index in [1.807, 2.05) is 54.7 Å². The predicted octanol–water partition coefficient (Wildman–Crippen LogP) is 4.13. The molecule has 0 aliphatic rings. The van der Waals surface area contributed by atoms with Gasteiger partial charge in [0.25, 0.3) is 0 Å². The van der Waals surface area contributed by atoms with E-state index in [-0.39, 0.29) is 5.97 Å². The van der Waals surface area contributed by atoms with E-state index in [1.54, 1.807) is 11.8 Å². The van der Waals surface area contributed by atoms with Gasteiger partial charge in [0.15, 0.2) is 0 Å². The first-order chi connectivity index (χ1) is 16.6. The number of rotatable bonds is 14. The standard InChI is InChI=1S/C26H31N3O5/c1-20(31-2)4-5-21-8-13-25(14-9-21)34-19-23-18-29(28-27-23)16-17-33-24-11-6-22(7-12-24)10-15-26(30)32-3/h6-9,11-14,18H,1,4-5,10,15-17,19H2,2-3H3. The van der Waals surface area contributed by atoms with Crippen molar-refractivity contribution >= 4 is 5.97 Å². The van der Waals surface area contributed by atoms with Crippen LogP contribution in [0.4, 0.5) is 0 Å². The predicted molar refractivity (Wildman–Crippen MR) is 128 cm³/mol. The van der Waals surface area contributed by atoms with Crippen LogP contribution in [0.1, 0.15) is 29.7 Å². The van der Waals surface area contributed by atoms with Crippen molar-refractivity contribution in [1.29, 1.82) is 0 Å². The van der Waals surface area contributed by atoms with Crippen LogP contribution in [0.5, 0.6) is 11.5 Å². The number of hydrogen-bond donors (Lipinski definition) is 0. The van der Waals surface area contributed by atoms with Gasteiger partial charge in [0.05, 0.1) is 32.7 Å². The summed E-state index contributed by atoms with van der Waals surface area (Å²) in [6.45, 7) is 5.21. The number of aryl methyl sites for hydroxylation is 2. The van der Waals surface area contributed by atoms with Crippen molar-refractivity contribution in [3.05, 3.63) is 83.9 Å². The summed E-state index contributed by atoms with van der Waals surface area (Å²) in [6, 6.07) is 15.7. The number of allylic oxidation sites excluding steroid dienone is 1. The molecule has 2 aromatic carbocycles. The molecular weight excluding hydrogens is 434 g/mol. The Morgan fingerprint density at radius 1 is 0.882 bits per heavy atom. The molecule has 180 valence electrons. The fourth-order valence-electron chi connectivity index (χ4n) is 3.17. The first kappa shape index (κ1) is 24.8. The lowest BCUT2D eigenvalue weighted by Gasteiger charge is -2.07. The molecule has 0 atom stereocenters. The summed E-state index contributed by atoms with van der Waals surface area (Å²) >= 11 is 0. The summed E-state index contributed by atoms with van der Waals surface area (Å²) in [7, 11) is 3.03. The monoisotopic (exact) mass is 465 g/mol. The van der Waals surface area contributed by atoms with Crippen LogP contribution in [-0.4, -0.2) is 41.8 Å². The topological polar surface area (TPSA) is 84.7 Å². The molecule has 0 saturated heterocycles. The van der Waals surface area contributed by atoms with Gasteiger partial charge in [-0.05, 0) is 48.2 Å². The third-order valence-corrected chi connectivity index (χ3v) is 5.24.